The minimum absolute atomic E-state index is 0.161. The first-order chi connectivity index (χ1) is 17.0. The topological polar surface area (TPSA) is 89.4 Å². The Balaban J connectivity index is 1.78. The highest BCUT2D eigenvalue weighted by Crippen LogP contribution is 2.30. The van der Waals surface area contributed by atoms with E-state index in [1.54, 1.807) is 13.2 Å². The lowest BCUT2D eigenvalue weighted by Crippen LogP contribution is -2.46. The van der Waals surface area contributed by atoms with Crippen molar-refractivity contribution in [1.29, 1.82) is 0 Å². The van der Waals surface area contributed by atoms with Crippen LogP contribution >= 0.6 is 0 Å². The SMILES string of the molecule is COCCNC(=O)[C@H](c1ccccc1C)N(C(=O)Cn1nnc2ccccc21)c1ccc(F)cc1. The van der Waals surface area contributed by atoms with Gasteiger partial charge in [-0.25, -0.2) is 9.07 Å². The smallest absolute Gasteiger partial charge is 0.249 e. The number of nitrogens with zero attached hydrogens (tertiary/aromatic N) is 4. The van der Waals surface area contributed by atoms with Gasteiger partial charge in [-0.1, -0.05) is 41.6 Å². The summed E-state index contributed by atoms with van der Waals surface area (Å²) in [4.78, 5) is 28.7. The van der Waals surface area contributed by atoms with E-state index in [9.17, 15) is 14.0 Å². The highest BCUT2D eigenvalue weighted by molar-refractivity contribution is 6.01. The summed E-state index contributed by atoms with van der Waals surface area (Å²) in [7, 11) is 1.54. The quantitative estimate of drug-likeness (QED) is 0.375. The Morgan fingerprint density at radius 2 is 1.77 bits per heavy atom. The lowest BCUT2D eigenvalue weighted by molar-refractivity contribution is -0.127. The second kappa shape index (κ2) is 10.9. The number of carbonyl (C=O) groups excluding carboxylic acids is 2. The first-order valence-corrected chi connectivity index (χ1v) is 11.2. The number of hydrogen-bond acceptors (Lipinski definition) is 5. The number of aromatic nitrogens is 3. The Kier molecular flexibility index (Phi) is 7.47. The molecule has 0 spiro atoms. The van der Waals surface area contributed by atoms with E-state index < -0.39 is 17.8 Å². The molecule has 2 amide bonds. The normalized spacial score (nSPS) is 11.9. The molecule has 0 unspecified atom stereocenters. The molecule has 1 atom stereocenters. The molecule has 4 rings (SSSR count). The van der Waals surface area contributed by atoms with Crippen molar-refractivity contribution in [2.75, 3.05) is 25.2 Å². The molecule has 1 heterocycles. The molecule has 0 aliphatic carbocycles. The van der Waals surface area contributed by atoms with Gasteiger partial charge in [-0.05, 0) is 54.4 Å². The number of ether oxygens (including phenoxy) is 1. The number of halogens is 1. The molecule has 0 saturated carbocycles. The van der Waals surface area contributed by atoms with Crippen LogP contribution in [0.3, 0.4) is 0 Å². The van der Waals surface area contributed by atoms with Crippen LogP contribution in [0, 0.1) is 12.7 Å². The van der Waals surface area contributed by atoms with Crippen LogP contribution in [0.4, 0.5) is 10.1 Å². The van der Waals surface area contributed by atoms with Gasteiger partial charge >= 0.3 is 0 Å². The molecular formula is C26H26FN5O3. The molecule has 3 aromatic carbocycles. The summed E-state index contributed by atoms with van der Waals surface area (Å²) in [5.41, 5.74) is 3.23. The van der Waals surface area contributed by atoms with Crippen molar-refractivity contribution in [1.82, 2.24) is 20.3 Å². The highest BCUT2D eigenvalue weighted by Gasteiger charge is 2.34. The van der Waals surface area contributed by atoms with Crippen LogP contribution in [0.5, 0.6) is 0 Å². The molecule has 1 aromatic heterocycles. The lowest BCUT2D eigenvalue weighted by atomic mass is 9.98. The van der Waals surface area contributed by atoms with Crippen LogP contribution in [0.15, 0.2) is 72.8 Å². The van der Waals surface area contributed by atoms with Crippen LogP contribution in [0.25, 0.3) is 11.0 Å². The molecule has 0 radical (unpaired) electrons. The van der Waals surface area contributed by atoms with Gasteiger partial charge in [-0.3, -0.25) is 14.5 Å². The molecule has 0 aliphatic rings. The lowest BCUT2D eigenvalue weighted by Gasteiger charge is -2.32. The van der Waals surface area contributed by atoms with Crippen LogP contribution in [-0.2, 0) is 20.9 Å². The number of carbonyl (C=O) groups is 2. The van der Waals surface area contributed by atoms with Crippen molar-refractivity contribution in [2.24, 2.45) is 0 Å². The standard InChI is InChI=1S/C26H26FN5O3/c1-18-7-3-4-8-21(18)25(26(34)28-15-16-35-2)32(20-13-11-19(27)12-14-20)24(33)17-31-23-10-6-5-9-22(23)29-30-31/h3-14,25H,15-17H2,1-2H3,(H,28,34)/t25-/m0/s1. The van der Waals surface area contributed by atoms with E-state index in [2.05, 4.69) is 15.6 Å². The number of amides is 2. The number of aryl methyl sites for hydroxylation is 1. The zero-order valence-electron chi connectivity index (χ0n) is 19.5. The van der Waals surface area contributed by atoms with Gasteiger partial charge in [0, 0.05) is 19.3 Å². The predicted molar refractivity (Wildman–Crippen MR) is 130 cm³/mol. The zero-order valence-corrected chi connectivity index (χ0v) is 19.5. The fourth-order valence-electron chi connectivity index (χ4n) is 3.94. The molecule has 1 N–H and O–H groups in total. The zero-order chi connectivity index (χ0) is 24.8. The van der Waals surface area contributed by atoms with Crippen molar-refractivity contribution in [3.05, 3.63) is 89.7 Å². The third-order valence-corrected chi connectivity index (χ3v) is 5.67. The predicted octanol–water partition coefficient (Wildman–Crippen LogP) is 3.42. The van der Waals surface area contributed by atoms with E-state index >= 15 is 0 Å². The maximum atomic E-state index is 13.8. The maximum absolute atomic E-state index is 13.8. The van der Waals surface area contributed by atoms with Gasteiger partial charge in [-0.2, -0.15) is 0 Å². The summed E-state index contributed by atoms with van der Waals surface area (Å²) in [6.45, 7) is 2.31. The Hall–Kier alpha value is -4.11. The summed E-state index contributed by atoms with van der Waals surface area (Å²) < 4.78 is 20.3. The summed E-state index contributed by atoms with van der Waals surface area (Å²) in [6, 6.07) is 19.2. The van der Waals surface area contributed by atoms with Gasteiger partial charge in [-0.15, -0.1) is 5.10 Å². The van der Waals surface area contributed by atoms with Gasteiger partial charge in [0.05, 0.1) is 12.1 Å². The molecule has 180 valence electrons. The number of benzene rings is 3. The van der Waals surface area contributed by atoms with E-state index in [0.717, 1.165) is 5.56 Å². The molecular weight excluding hydrogens is 449 g/mol. The maximum Gasteiger partial charge on any atom is 0.249 e. The fraction of sp³-hybridized carbons (Fsp3) is 0.231. The number of hydrogen-bond donors (Lipinski definition) is 1. The van der Waals surface area contributed by atoms with E-state index in [0.29, 0.717) is 28.9 Å². The summed E-state index contributed by atoms with van der Waals surface area (Å²) in [6.07, 6.45) is 0. The Labute approximate surface area is 202 Å². The fourth-order valence-corrected chi connectivity index (χ4v) is 3.94. The van der Waals surface area contributed by atoms with Crippen LogP contribution in [-0.4, -0.2) is 47.1 Å². The second-order valence-electron chi connectivity index (χ2n) is 8.02. The Bertz CT molecular complexity index is 1320. The van der Waals surface area contributed by atoms with Crippen LogP contribution < -0.4 is 10.2 Å². The van der Waals surface area contributed by atoms with Crippen molar-refractivity contribution in [2.45, 2.75) is 19.5 Å². The molecule has 35 heavy (non-hydrogen) atoms. The van der Waals surface area contributed by atoms with Crippen molar-refractivity contribution < 1.29 is 18.7 Å². The first kappa shape index (κ1) is 24.0. The number of rotatable bonds is 9. The van der Waals surface area contributed by atoms with Crippen LogP contribution in [0.1, 0.15) is 17.2 Å². The van der Waals surface area contributed by atoms with E-state index in [1.165, 1.54) is 33.8 Å². The van der Waals surface area contributed by atoms with Gasteiger partial charge in [0.1, 0.15) is 23.9 Å². The number of fused-ring (bicyclic) bond motifs is 1. The van der Waals surface area contributed by atoms with Gasteiger partial charge in [0.15, 0.2) is 0 Å². The number of anilines is 1. The molecule has 9 heteroatoms. The molecule has 0 aliphatic heterocycles. The molecule has 0 saturated heterocycles. The highest BCUT2D eigenvalue weighted by atomic mass is 19.1. The van der Waals surface area contributed by atoms with Crippen molar-refractivity contribution in [3.8, 4) is 0 Å². The first-order valence-electron chi connectivity index (χ1n) is 11.2. The number of methoxy groups -OCH3 is 1. The van der Waals surface area contributed by atoms with E-state index in [-0.39, 0.29) is 19.0 Å². The van der Waals surface area contributed by atoms with Gasteiger partial charge in [0.2, 0.25) is 11.8 Å². The van der Waals surface area contributed by atoms with E-state index in [1.807, 2.05) is 49.4 Å². The molecule has 0 fully saturated rings. The minimum Gasteiger partial charge on any atom is -0.383 e. The summed E-state index contributed by atoms with van der Waals surface area (Å²) >= 11 is 0. The molecule has 4 aromatic rings. The number of nitrogens with one attached hydrogen (secondary N) is 1. The second-order valence-corrected chi connectivity index (χ2v) is 8.02. The molecule has 8 nitrogen and oxygen atoms in total. The van der Waals surface area contributed by atoms with Crippen LogP contribution in [0.2, 0.25) is 0 Å². The minimum atomic E-state index is -0.999. The third-order valence-electron chi connectivity index (χ3n) is 5.67. The third kappa shape index (κ3) is 5.36. The Morgan fingerprint density at radius 1 is 1.06 bits per heavy atom. The largest absolute Gasteiger partial charge is 0.383 e. The number of para-hydroxylation sites is 1. The van der Waals surface area contributed by atoms with Gasteiger partial charge in [0.25, 0.3) is 0 Å². The molecule has 0 bridgehead atoms. The van der Waals surface area contributed by atoms with Gasteiger partial charge < -0.3 is 10.1 Å². The average molecular weight is 476 g/mol. The summed E-state index contributed by atoms with van der Waals surface area (Å²) in [5.74, 6) is -1.22. The van der Waals surface area contributed by atoms with E-state index in [4.69, 9.17) is 4.74 Å². The van der Waals surface area contributed by atoms with Crippen molar-refractivity contribution in [3.63, 3.8) is 0 Å². The summed E-state index contributed by atoms with van der Waals surface area (Å²) in [5, 5.41) is 11.1. The Morgan fingerprint density at radius 3 is 2.51 bits per heavy atom. The average Bonchev–Trinajstić information content (AvgIpc) is 3.26. The van der Waals surface area contributed by atoms with Crippen molar-refractivity contribution >= 4 is 28.5 Å². The monoisotopic (exact) mass is 475 g/mol.